The van der Waals surface area contributed by atoms with Crippen LogP contribution in [0.3, 0.4) is 0 Å². The highest BCUT2D eigenvalue weighted by Gasteiger charge is 2.35. The normalized spacial score (nSPS) is 22.7. The molecule has 23 heavy (non-hydrogen) atoms. The number of phenolic OH excluding ortho intramolecular Hbond substituents is 1. The first-order valence-electron chi connectivity index (χ1n) is 7.03. The Bertz CT molecular complexity index is 747. The fraction of sp³-hybridized carbons (Fsp3) is 0.267. The Labute approximate surface area is 135 Å². The Hall–Kier alpha value is -2.35. The predicted molar refractivity (Wildman–Crippen MR) is 85.0 cm³/mol. The van der Waals surface area contributed by atoms with E-state index in [9.17, 15) is 19.1 Å². The topological polar surface area (TPSA) is 96.0 Å². The summed E-state index contributed by atoms with van der Waals surface area (Å²) in [6, 6.07) is 3.02. The number of likely N-dealkylation sites (tertiary alicyclic amines) is 1. The molecule has 1 saturated heterocycles. The number of benzene rings is 1. The number of rotatable bonds is 2. The van der Waals surface area contributed by atoms with E-state index in [2.05, 4.69) is 4.99 Å². The molecule has 1 fully saturated rings. The Morgan fingerprint density at radius 2 is 2.30 bits per heavy atom. The molecule has 2 aliphatic rings. The van der Waals surface area contributed by atoms with Crippen LogP contribution in [0.1, 0.15) is 18.4 Å². The lowest BCUT2D eigenvalue weighted by Gasteiger charge is -2.22. The zero-order valence-corrected chi connectivity index (χ0v) is 12.8. The summed E-state index contributed by atoms with van der Waals surface area (Å²) < 4.78 is 13.3. The van der Waals surface area contributed by atoms with Gasteiger partial charge < -0.3 is 15.7 Å². The highest BCUT2D eigenvalue weighted by atomic mass is 32.2. The number of aliphatic imine (C=N–C) groups is 1. The molecule has 0 saturated carbocycles. The average Bonchev–Trinajstić information content (AvgIpc) is 3.10. The van der Waals surface area contributed by atoms with Crippen LogP contribution >= 0.6 is 11.8 Å². The Morgan fingerprint density at radius 1 is 1.52 bits per heavy atom. The minimum Gasteiger partial charge on any atom is -0.507 e. The van der Waals surface area contributed by atoms with Gasteiger partial charge in [-0.1, -0.05) is 0 Å². The van der Waals surface area contributed by atoms with Crippen molar-refractivity contribution in [3.05, 3.63) is 34.5 Å². The van der Waals surface area contributed by atoms with Crippen molar-refractivity contribution in [2.75, 3.05) is 6.54 Å². The van der Waals surface area contributed by atoms with Crippen molar-refractivity contribution in [2.24, 2.45) is 10.7 Å². The fourth-order valence-corrected chi connectivity index (χ4v) is 3.57. The van der Waals surface area contributed by atoms with Crippen LogP contribution in [0.25, 0.3) is 6.08 Å². The van der Waals surface area contributed by atoms with Gasteiger partial charge in [0.05, 0.1) is 4.91 Å². The van der Waals surface area contributed by atoms with E-state index < -0.39 is 23.7 Å². The molecular formula is C15H14FN3O3S. The predicted octanol–water partition coefficient (Wildman–Crippen LogP) is 1.45. The summed E-state index contributed by atoms with van der Waals surface area (Å²) in [5.74, 6) is -1.57. The maximum Gasteiger partial charge on any atom is 0.286 e. The monoisotopic (exact) mass is 335 g/mol. The third kappa shape index (κ3) is 3.07. The zero-order chi connectivity index (χ0) is 16.6. The number of halogens is 1. The SMILES string of the molecule is NC(=O)C1CCCN1C1=NC(=O)C(=Cc2cc(F)ccc2O)S1. The summed E-state index contributed by atoms with van der Waals surface area (Å²) in [7, 11) is 0. The molecule has 120 valence electrons. The van der Waals surface area contributed by atoms with Gasteiger partial charge in [0, 0.05) is 12.1 Å². The van der Waals surface area contributed by atoms with E-state index >= 15 is 0 Å². The minimum absolute atomic E-state index is 0.128. The number of primary amides is 1. The van der Waals surface area contributed by atoms with Crippen molar-refractivity contribution in [3.63, 3.8) is 0 Å². The highest BCUT2D eigenvalue weighted by molar-refractivity contribution is 8.18. The lowest BCUT2D eigenvalue weighted by Crippen LogP contribution is -2.42. The van der Waals surface area contributed by atoms with Crippen molar-refractivity contribution in [3.8, 4) is 5.75 Å². The second-order valence-corrected chi connectivity index (χ2v) is 6.28. The Morgan fingerprint density at radius 3 is 3.04 bits per heavy atom. The summed E-state index contributed by atoms with van der Waals surface area (Å²) in [4.78, 5) is 29.4. The molecule has 0 aliphatic carbocycles. The highest BCUT2D eigenvalue weighted by Crippen LogP contribution is 2.34. The van der Waals surface area contributed by atoms with Gasteiger partial charge in [-0.3, -0.25) is 9.59 Å². The van der Waals surface area contributed by atoms with Crippen molar-refractivity contribution >= 4 is 34.8 Å². The number of thioether (sulfide) groups is 1. The van der Waals surface area contributed by atoms with Gasteiger partial charge in [-0.15, -0.1) is 0 Å². The van der Waals surface area contributed by atoms with E-state index in [0.29, 0.717) is 18.1 Å². The second kappa shape index (κ2) is 6.04. The number of aromatic hydroxyl groups is 1. The maximum absolute atomic E-state index is 13.3. The van der Waals surface area contributed by atoms with E-state index in [1.807, 2.05) is 0 Å². The lowest BCUT2D eigenvalue weighted by atomic mass is 10.2. The van der Waals surface area contributed by atoms with E-state index in [4.69, 9.17) is 5.73 Å². The van der Waals surface area contributed by atoms with E-state index in [1.165, 1.54) is 12.1 Å². The summed E-state index contributed by atoms with van der Waals surface area (Å²) in [6.45, 7) is 0.602. The number of amidine groups is 1. The van der Waals surface area contributed by atoms with Crippen LogP contribution in [0.15, 0.2) is 28.1 Å². The molecule has 2 amide bonds. The summed E-state index contributed by atoms with van der Waals surface area (Å²) in [6.07, 6.45) is 2.81. The molecule has 1 atom stereocenters. The number of phenols is 1. The average molecular weight is 335 g/mol. The molecule has 1 aromatic rings. The number of amides is 2. The van der Waals surface area contributed by atoms with E-state index in [-0.39, 0.29) is 16.2 Å². The van der Waals surface area contributed by atoms with Gasteiger partial charge in [0.1, 0.15) is 17.6 Å². The standard InChI is InChI=1S/C15H14FN3O3S/c16-9-3-4-11(20)8(6-9)7-12-14(22)18-15(23-12)19-5-1-2-10(19)13(17)21/h3-4,6-7,10,20H,1-2,5H2,(H2,17,21). The van der Waals surface area contributed by atoms with Crippen molar-refractivity contribution in [2.45, 2.75) is 18.9 Å². The van der Waals surface area contributed by atoms with E-state index in [1.54, 1.807) is 4.90 Å². The first kappa shape index (κ1) is 15.5. The van der Waals surface area contributed by atoms with Crippen LogP contribution in [-0.2, 0) is 9.59 Å². The molecule has 0 bridgehead atoms. The summed E-state index contributed by atoms with van der Waals surface area (Å²) in [5.41, 5.74) is 5.57. The van der Waals surface area contributed by atoms with Gasteiger partial charge in [0.2, 0.25) is 5.91 Å². The molecule has 3 N–H and O–H groups in total. The van der Waals surface area contributed by atoms with Crippen molar-refractivity contribution in [1.29, 1.82) is 0 Å². The number of carbonyl (C=O) groups excluding carboxylic acids is 2. The largest absolute Gasteiger partial charge is 0.507 e. The fourth-order valence-electron chi connectivity index (χ4n) is 2.59. The van der Waals surface area contributed by atoms with Gasteiger partial charge in [-0.2, -0.15) is 4.99 Å². The van der Waals surface area contributed by atoms with E-state index in [0.717, 1.165) is 30.3 Å². The third-order valence-electron chi connectivity index (χ3n) is 3.71. The quantitative estimate of drug-likeness (QED) is 0.798. The third-order valence-corrected chi connectivity index (χ3v) is 4.73. The molecule has 2 heterocycles. The summed E-state index contributed by atoms with van der Waals surface area (Å²) >= 11 is 1.09. The number of nitrogens with zero attached hydrogens (tertiary/aromatic N) is 2. The van der Waals surface area contributed by atoms with Crippen LogP contribution in [0.2, 0.25) is 0 Å². The van der Waals surface area contributed by atoms with Crippen LogP contribution in [0, 0.1) is 5.82 Å². The molecule has 8 heteroatoms. The number of hydrogen-bond donors (Lipinski definition) is 2. The molecule has 2 aliphatic heterocycles. The second-order valence-electron chi connectivity index (χ2n) is 5.27. The first-order valence-corrected chi connectivity index (χ1v) is 7.84. The Balaban J connectivity index is 1.84. The molecular weight excluding hydrogens is 321 g/mol. The van der Waals surface area contributed by atoms with Crippen LogP contribution < -0.4 is 5.73 Å². The molecule has 1 unspecified atom stereocenters. The minimum atomic E-state index is -0.514. The first-order chi connectivity index (χ1) is 11.0. The zero-order valence-electron chi connectivity index (χ0n) is 12.0. The van der Waals surface area contributed by atoms with Gasteiger partial charge in [-0.25, -0.2) is 4.39 Å². The van der Waals surface area contributed by atoms with Crippen molar-refractivity contribution < 1.29 is 19.1 Å². The molecule has 6 nitrogen and oxygen atoms in total. The number of carbonyl (C=O) groups is 2. The van der Waals surface area contributed by atoms with Gasteiger partial charge in [-0.05, 0) is 48.9 Å². The van der Waals surface area contributed by atoms with Crippen molar-refractivity contribution in [1.82, 2.24) is 4.90 Å². The Kier molecular flexibility index (Phi) is 4.08. The maximum atomic E-state index is 13.3. The number of hydrogen-bond acceptors (Lipinski definition) is 5. The molecule has 0 aromatic heterocycles. The van der Waals surface area contributed by atoms with Crippen LogP contribution in [0.5, 0.6) is 5.75 Å². The molecule has 0 radical (unpaired) electrons. The molecule has 0 spiro atoms. The molecule has 3 rings (SSSR count). The lowest BCUT2D eigenvalue weighted by molar-refractivity contribution is -0.121. The van der Waals surface area contributed by atoms with Gasteiger partial charge in [0.15, 0.2) is 5.17 Å². The number of nitrogens with two attached hydrogens (primary N) is 1. The summed E-state index contributed by atoms with van der Waals surface area (Å²) in [5, 5.41) is 10.1. The van der Waals surface area contributed by atoms with Crippen LogP contribution in [0.4, 0.5) is 4.39 Å². The molecule has 1 aromatic carbocycles. The van der Waals surface area contributed by atoms with Gasteiger partial charge in [0.25, 0.3) is 5.91 Å². The smallest absolute Gasteiger partial charge is 0.286 e. The van der Waals surface area contributed by atoms with Crippen LogP contribution in [-0.4, -0.2) is 39.6 Å². The van der Waals surface area contributed by atoms with Gasteiger partial charge >= 0.3 is 0 Å².